The summed E-state index contributed by atoms with van der Waals surface area (Å²) in [6, 6.07) is 8.31. The van der Waals surface area contributed by atoms with Crippen molar-refractivity contribution < 1.29 is 4.79 Å². The SMILES string of the molecule is CCNC(=NCC(=O)N1CCCC1)NCCc1c[nH]c2ccccc12. The molecule has 3 N–H and O–H groups in total. The number of nitrogens with zero attached hydrogens (tertiary/aromatic N) is 2. The summed E-state index contributed by atoms with van der Waals surface area (Å²) >= 11 is 0. The Morgan fingerprint density at radius 2 is 2.04 bits per heavy atom. The number of fused-ring (bicyclic) bond motifs is 1. The number of guanidine groups is 1. The van der Waals surface area contributed by atoms with Gasteiger partial charge in [-0.3, -0.25) is 4.79 Å². The summed E-state index contributed by atoms with van der Waals surface area (Å²) in [5.41, 5.74) is 2.45. The molecule has 6 heteroatoms. The Labute approximate surface area is 148 Å². The van der Waals surface area contributed by atoms with Gasteiger partial charge >= 0.3 is 0 Å². The van der Waals surface area contributed by atoms with Crippen molar-refractivity contribution in [2.24, 2.45) is 4.99 Å². The Kier molecular flexibility index (Phi) is 5.93. The van der Waals surface area contributed by atoms with E-state index >= 15 is 0 Å². The van der Waals surface area contributed by atoms with Crippen molar-refractivity contribution in [2.45, 2.75) is 26.2 Å². The fourth-order valence-electron chi connectivity index (χ4n) is 3.21. The Hall–Kier alpha value is -2.50. The highest BCUT2D eigenvalue weighted by Crippen LogP contribution is 2.17. The van der Waals surface area contributed by atoms with Crippen molar-refractivity contribution in [3.05, 3.63) is 36.0 Å². The molecule has 1 aromatic carbocycles. The van der Waals surface area contributed by atoms with E-state index in [1.54, 1.807) is 0 Å². The summed E-state index contributed by atoms with van der Waals surface area (Å²) in [7, 11) is 0. The minimum atomic E-state index is 0.117. The molecule has 0 spiro atoms. The first-order valence-corrected chi connectivity index (χ1v) is 9.13. The predicted molar refractivity (Wildman–Crippen MR) is 102 cm³/mol. The fourth-order valence-corrected chi connectivity index (χ4v) is 3.21. The maximum atomic E-state index is 12.1. The number of para-hydroxylation sites is 1. The van der Waals surface area contributed by atoms with Gasteiger partial charge in [0.2, 0.25) is 5.91 Å². The maximum absolute atomic E-state index is 12.1. The molecule has 0 radical (unpaired) electrons. The molecule has 0 saturated carbocycles. The molecule has 2 heterocycles. The topological polar surface area (TPSA) is 72.5 Å². The van der Waals surface area contributed by atoms with Gasteiger partial charge in [0.25, 0.3) is 0 Å². The van der Waals surface area contributed by atoms with Crippen LogP contribution in [0, 0.1) is 0 Å². The van der Waals surface area contributed by atoms with Gasteiger partial charge in [0.1, 0.15) is 6.54 Å². The number of hydrogen-bond donors (Lipinski definition) is 3. The molecule has 2 aromatic rings. The summed E-state index contributed by atoms with van der Waals surface area (Å²) in [4.78, 5) is 21.8. The zero-order valence-corrected chi connectivity index (χ0v) is 14.8. The standard InChI is InChI=1S/C19H27N5O/c1-2-20-19(23-14-18(25)24-11-5-6-12-24)21-10-9-15-13-22-17-8-4-3-7-16(15)17/h3-4,7-8,13,22H,2,5-6,9-12,14H2,1H3,(H2,20,21,23). The van der Waals surface area contributed by atoms with Crippen molar-refractivity contribution in [3.63, 3.8) is 0 Å². The third-order valence-electron chi connectivity index (χ3n) is 4.54. The summed E-state index contributed by atoms with van der Waals surface area (Å²) in [6.45, 7) is 5.53. The Bertz CT molecular complexity index is 730. The lowest BCUT2D eigenvalue weighted by Crippen LogP contribution is -2.39. The lowest BCUT2D eigenvalue weighted by Gasteiger charge is -2.15. The molecule has 0 atom stereocenters. The first kappa shape index (κ1) is 17.3. The number of rotatable bonds is 6. The van der Waals surface area contributed by atoms with Gasteiger partial charge in [-0.1, -0.05) is 18.2 Å². The normalized spacial score (nSPS) is 14.9. The molecule has 1 amide bonds. The average molecular weight is 341 g/mol. The number of hydrogen-bond acceptors (Lipinski definition) is 2. The largest absolute Gasteiger partial charge is 0.361 e. The molecule has 1 aromatic heterocycles. The Morgan fingerprint density at radius 1 is 1.24 bits per heavy atom. The number of nitrogens with one attached hydrogen (secondary N) is 3. The van der Waals surface area contributed by atoms with Gasteiger partial charge in [-0.15, -0.1) is 0 Å². The van der Waals surface area contributed by atoms with Gasteiger partial charge in [-0.2, -0.15) is 0 Å². The van der Waals surface area contributed by atoms with Gasteiger partial charge in [0.15, 0.2) is 5.96 Å². The van der Waals surface area contributed by atoms with Crippen LogP contribution in [0.5, 0.6) is 0 Å². The number of carbonyl (C=O) groups is 1. The third kappa shape index (κ3) is 4.53. The van der Waals surface area contributed by atoms with E-state index in [2.05, 4.69) is 45.0 Å². The molecule has 0 aliphatic carbocycles. The van der Waals surface area contributed by atoms with Crippen molar-refractivity contribution in [1.82, 2.24) is 20.5 Å². The van der Waals surface area contributed by atoms with Crippen LogP contribution in [0.2, 0.25) is 0 Å². The number of likely N-dealkylation sites (tertiary alicyclic amines) is 1. The third-order valence-corrected chi connectivity index (χ3v) is 4.54. The highest BCUT2D eigenvalue weighted by atomic mass is 16.2. The van der Waals surface area contributed by atoms with E-state index in [0.29, 0.717) is 5.96 Å². The number of aromatic nitrogens is 1. The highest BCUT2D eigenvalue weighted by molar-refractivity contribution is 5.85. The number of amides is 1. The number of carbonyl (C=O) groups excluding carboxylic acids is 1. The van der Waals surface area contributed by atoms with Crippen molar-refractivity contribution in [2.75, 3.05) is 32.7 Å². The molecule has 0 unspecified atom stereocenters. The van der Waals surface area contributed by atoms with Gasteiger partial charge in [-0.25, -0.2) is 4.99 Å². The van der Waals surface area contributed by atoms with E-state index in [1.807, 2.05) is 17.9 Å². The van der Waals surface area contributed by atoms with Crippen molar-refractivity contribution in [1.29, 1.82) is 0 Å². The van der Waals surface area contributed by atoms with Gasteiger partial charge in [-0.05, 0) is 37.8 Å². The lowest BCUT2D eigenvalue weighted by molar-refractivity contribution is -0.128. The molecular weight excluding hydrogens is 314 g/mol. The van der Waals surface area contributed by atoms with Crippen LogP contribution in [0.1, 0.15) is 25.3 Å². The summed E-state index contributed by atoms with van der Waals surface area (Å²) in [5.74, 6) is 0.821. The second-order valence-corrected chi connectivity index (χ2v) is 6.32. The van der Waals surface area contributed by atoms with E-state index in [4.69, 9.17) is 0 Å². The molecule has 1 aliphatic rings. The van der Waals surface area contributed by atoms with E-state index in [0.717, 1.165) is 51.0 Å². The number of benzene rings is 1. The predicted octanol–water partition coefficient (Wildman–Crippen LogP) is 1.89. The molecule has 134 valence electrons. The first-order chi connectivity index (χ1) is 12.3. The number of aliphatic imine (C=N–C) groups is 1. The summed E-state index contributed by atoms with van der Waals surface area (Å²) < 4.78 is 0. The lowest BCUT2D eigenvalue weighted by atomic mass is 10.1. The van der Waals surface area contributed by atoms with Crippen LogP contribution in [0.4, 0.5) is 0 Å². The maximum Gasteiger partial charge on any atom is 0.244 e. The molecule has 3 rings (SSSR count). The van der Waals surface area contributed by atoms with E-state index in [9.17, 15) is 4.79 Å². The van der Waals surface area contributed by atoms with Crippen molar-refractivity contribution in [3.8, 4) is 0 Å². The first-order valence-electron chi connectivity index (χ1n) is 9.13. The summed E-state index contributed by atoms with van der Waals surface area (Å²) in [5, 5.41) is 7.79. The van der Waals surface area contributed by atoms with Crippen molar-refractivity contribution >= 4 is 22.8 Å². The minimum Gasteiger partial charge on any atom is -0.361 e. The minimum absolute atomic E-state index is 0.117. The average Bonchev–Trinajstić information content (AvgIpc) is 3.30. The van der Waals surface area contributed by atoms with Crippen LogP contribution in [0.3, 0.4) is 0 Å². The zero-order chi connectivity index (χ0) is 17.5. The number of aromatic amines is 1. The number of H-pyrrole nitrogens is 1. The molecular formula is C19H27N5O. The monoisotopic (exact) mass is 341 g/mol. The van der Waals surface area contributed by atoms with E-state index in [-0.39, 0.29) is 12.5 Å². The second-order valence-electron chi connectivity index (χ2n) is 6.32. The smallest absolute Gasteiger partial charge is 0.244 e. The quantitative estimate of drug-likeness (QED) is 0.555. The van der Waals surface area contributed by atoms with Crippen LogP contribution >= 0.6 is 0 Å². The second kappa shape index (κ2) is 8.55. The molecule has 1 fully saturated rings. The van der Waals surface area contributed by atoms with Crippen LogP contribution in [0.15, 0.2) is 35.5 Å². The van der Waals surface area contributed by atoms with E-state index < -0.39 is 0 Å². The molecule has 1 saturated heterocycles. The Balaban J connectivity index is 1.52. The summed E-state index contributed by atoms with van der Waals surface area (Å²) in [6.07, 6.45) is 5.18. The molecule has 1 aliphatic heterocycles. The van der Waals surface area contributed by atoms with Crippen LogP contribution in [0.25, 0.3) is 10.9 Å². The van der Waals surface area contributed by atoms with Gasteiger partial charge in [0, 0.05) is 43.3 Å². The zero-order valence-electron chi connectivity index (χ0n) is 14.8. The Morgan fingerprint density at radius 3 is 2.84 bits per heavy atom. The molecule has 0 bridgehead atoms. The van der Waals surface area contributed by atoms with Crippen LogP contribution in [-0.2, 0) is 11.2 Å². The van der Waals surface area contributed by atoms with Gasteiger partial charge in [0.05, 0.1) is 0 Å². The fraction of sp³-hybridized carbons (Fsp3) is 0.474. The van der Waals surface area contributed by atoms with Crippen LogP contribution < -0.4 is 10.6 Å². The van der Waals surface area contributed by atoms with Crippen LogP contribution in [-0.4, -0.2) is 54.5 Å². The van der Waals surface area contributed by atoms with Gasteiger partial charge < -0.3 is 20.5 Å². The van der Waals surface area contributed by atoms with E-state index in [1.165, 1.54) is 10.9 Å². The molecule has 6 nitrogen and oxygen atoms in total. The molecule has 25 heavy (non-hydrogen) atoms. The highest BCUT2D eigenvalue weighted by Gasteiger charge is 2.17.